The van der Waals surface area contributed by atoms with Gasteiger partial charge in [-0.15, -0.1) is 22.7 Å². The van der Waals surface area contributed by atoms with E-state index < -0.39 is 0 Å². The van der Waals surface area contributed by atoms with Crippen molar-refractivity contribution >= 4 is 95.3 Å². The summed E-state index contributed by atoms with van der Waals surface area (Å²) in [6, 6.07) is 63.1. The van der Waals surface area contributed by atoms with Crippen molar-refractivity contribution in [1.82, 2.24) is 0 Å². The van der Waals surface area contributed by atoms with Crippen molar-refractivity contribution in [2.24, 2.45) is 0 Å². The van der Waals surface area contributed by atoms with E-state index >= 15 is 0 Å². The van der Waals surface area contributed by atoms with Gasteiger partial charge < -0.3 is 0 Å². The van der Waals surface area contributed by atoms with Crippen molar-refractivity contribution < 1.29 is 0 Å². The van der Waals surface area contributed by atoms with Gasteiger partial charge >= 0.3 is 0 Å². The molecule has 0 radical (unpaired) electrons. The Morgan fingerprint density at radius 3 is 1.36 bits per heavy atom. The summed E-state index contributed by atoms with van der Waals surface area (Å²) >= 11 is 3.81. The third kappa shape index (κ3) is 4.23. The number of hydrogen-bond acceptors (Lipinski definition) is 2. The van der Waals surface area contributed by atoms with Crippen molar-refractivity contribution in [3.8, 4) is 33.4 Å². The lowest BCUT2D eigenvalue weighted by atomic mass is 9.85. The van der Waals surface area contributed by atoms with E-state index in [0.717, 1.165) is 0 Å². The number of hydrogen-bond donors (Lipinski definition) is 0. The number of fused-ring (bicyclic) bond motifs is 9. The van der Waals surface area contributed by atoms with Gasteiger partial charge in [0.1, 0.15) is 0 Å². The zero-order valence-electron chi connectivity index (χ0n) is 27.0. The minimum Gasteiger partial charge on any atom is -0.135 e. The van der Waals surface area contributed by atoms with Crippen LogP contribution in [0, 0.1) is 0 Å². The molecule has 0 fully saturated rings. The highest BCUT2D eigenvalue weighted by molar-refractivity contribution is 7.27. The molecule has 0 saturated carbocycles. The Kier molecular flexibility index (Phi) is 6.09. The molecular weight excluding hydrogens is 641 g/mol. The van der Waals surface area contributed by atoms with Crippen LogP contribution in [0.25, 0.3) is 106 Å². The molecule has 0 nitrogen and oxygen atoms in total. The molecule has 0 amide bonds. The first-order chi connectivity index (χ1) is 24.8. The van der Waals surface area contributed by atoms with Crippen molar-refractivity contribution in [1.29, 1.82) is 0 Å². The fraction of sp³-hybridized carbons (Fsp3) is 0. The molecule has 11 aromatic rings. The van der Waals surface area contributed by atoms with E-state index in [4.69, 9.17) is 0 Å². The van der Waals surface area contributed by atoms with Crippen molar-refractivity contribution in [3.63, 3.8) is 0 Å². The van der Waals surface area contributed by atoms with Gasteiger partial charge in [0, 0.05) is 40.3 Å². The van der Waals surface area contributed by atoms with Crippen molar-refractivity contribution in [2.75, 3.05) is 0 Å². The van der Waals surface area contributed by atoms with E-state index in [-0.39, 0.29) is 0 Å². The molecule has 9 aromatic carbocycles. The third-order valence-corrected chi connectivity index (χ3v) is 12.7. The first-order valence-electron chi connectivity index (χ1n) is 17.1. The molecule has 0 spiro atoms. The largest absolute Gasteiger partial charge is 0.135 e. The number of rotatable bonds is 3. The molecule has 0 atom stereocenters. The zero-order valence-corrected chi connectivity index (χ0v) is 28.6. The van der Waals surface area contributed by atoms with Crippen LogP contribution in [0.5, 0.6) is 0 Å². The summed E-state index contributed by atoms with van der Waals surface area (Å²) in [5, 5.41) is 13.1. The molecule has 0 N–H and O–H groups in total. The van der Waals surface area contributed by atoms with E-state index in [2.05, 4.69) is 170 Å². The fourth-order valence-corrected chi connectivity index (χ4v) is 10.4. The molecule has 0 bridgehead atoms. The van der Waals surface area contributed by atoms with Gasteiger partial charge in [0.2, 0.25) is 0 Å². The summed E-state index contributed by atoms with van der Waals surface area (Å²) < 4.78 is 5.43. The van der Waals surface area contributed by atoms with Crippen LogP contribution in [0.4, 0.5) is 0 Å². The van der Waals surface area contributed by atoms with Crippen LogP contribution in [-0.2, 0) is 0 Å². The second-order valence-electron chi connectivity index (χ2n) is 13.2. The molecule has 0 unspecified atom stereocenters. The molecule has 0 aliphatic heterocycles. The molecule has 2 heteroatoms. The minimum absolute atomic E-state index is 1.23. The third-order valence-electron chi connectivity index (χ3n) is 10.4. The Hall–Kier alpha value is -5.80. The zero-order chi connectivity index (χ0) is 32.8. The lowest BCUT2D eigenvalue weighted by Crippen LogP contribution is -1.90. The van der Waals surface area contributed by atoms with Crippen molar-refractivity contribution in [2.45, 2.75) is 0 Å². The molecular formula is C48H28S2. The Labute approximate surface area is 297 Å². The maximum atomic E-state index is 2.42. The summed E-state index contributed by atoms with van der Waals surface area (Å²) in [5.74, 6) is 0. The highest BCUT2D eigenvalue weighted by Gasteiger charge is 2.17. The van der Waals surface area contributed by atoms with Crippen LogP contribution in [0.15, 0.2) is 170 Å². The standard InChI is InChI=1S/C48H28S2/c1-2-10-30(11-3-1)47-36-13-4-6-15-38(36)48(39-16-7-5-14-37(39)47)31-20-18-29(19-21-31)32-22-23-33-26-44-40(25-34(33)24-32)42-28-45-41(27-46(42)50-44)35-12-8-9-17-43(35)49-45/h1-28H. The summed E-state index contributed by atoms with van der Waals surface area (Å²) in [5.41, 5.74) is 7.55. The van der Waals surface area contributed by atoms with Gasteiger partial charge in [-0.1, -0.05) is 133 Å². The topological polar surface area (TPSA) is 0 Å². The maximum Gasteiger partial charge on any atom is 0.0362 e. The van der Waals surface area contributed by atoms with Gasteiger partial charge in [-0.05, 0) is 102 Å². The van der Waals surface area contributed by atoms with Gasteiger partial charge in [-0.2, -0.15) is 0 Å². The lowest BCUT2D eigenvalue weighted by Gasteiger charge is -2.18. The SMILES string of the molecule is c1ccc(-c2c3ccccc3c(-c3ccc(-c4ccc5cc6sc7cc8c(cc7c6cc5c4)sc4ccccc48)cc3)c3ccccc23)cc1. The van der Waals surface area contributed by atoms with E-state index in [1.54, 1.807) is 0 Å². The smallest absolute Gasteiger partial charge is 0.0362 e. The summed E-state index contributed by atoms with van der Waals surface area (Å²) in [6.45, 7) is 0. The van der Waals surface area contributed by atoms with Crippen LogP contribution in [-0.4, -0.2) is 0 Å². The van der Waals surface area contributed by atoms with Gasteiger partial charge in [0.25, 0.3) is 0 Å². The Morgan fingerprint density at radius 2 is 0.700 bits per heavy atom. The van der Waals surface area contributed by atoms with Gasteiger partial charge in [-0.3, -0.25) is 0 Å². The molecule has 2 heterocycles. The van der Waals surface area contributed by atoms with Crippen LogP contribution >= 0.6 is 22.7 Å². The molecule has 2 aromatic heterocycles. The summed E-state index contributed by atoms with van der Waals surface area (Å²) in [6.07, 6.45) is 0. The average molecular weight is 669 g/mol. The van der Waals surface area contributed by atoms with E-state index in [0.29, 0.717) is 0 Å². The monoisotopic (exact) mass is 668 g/mol. The maximum absolute atomic E-state index is 2.42. The van der Waals surface area contributed by atoms with Gasteiger partial charge in [0.15, 0.2) is 0 Å². The molecule has 11 rings (SSSR count). The Morgan fingerprint density at radius 1 is 0.240 bits per heavy atom. The Bertz CT molecular complexity index is 3070. The predicted octanol–water partition coefficient (Wildman–Crippen LogP) is 14.9. The fourth-order valence-electron chi connectivity index (χ4n) is 8.10. The predicted molar refractivity (Wildman–Crippen MR) is 221 cm³/mol. The van der Waals surface area contributed by atoms with Crippen LogP contribution < -0.4 is 0 Å². The average Bonchev–Trinajstić information content (AvgIpc) is 3.71. The first-order valence-corrected chi connectivity index (χ1v) is 18.7. The molecule has 50 heavy (non-hydrogen) atoms. The summed E-state index contributed by atoms with van der Waals surface area (Å²) in [4.78, 5) is 0. The highest BCUT2D eigenvalue weighted by Crippen LogP contribution is 2.45. The van der Waals surface area contributed by atoms with Crippen LogP contribution in [0.3, 0.4) is 0 Å². The Balaban J connectivity index is 1.03. The molecule has 232 valence electrons. The number of thiophene rings is 2. The second-order valence-corrected chi connectivity index (χ2v) is 15.4. The lowest BCUT2D eigenvalue weighted by molar-refractivity contribution is 1.63. The van der Waals surface area contributed by atoms with E-state index in [1.165, 1.54) is 106 Å². The normalized spacial score (nSPS) is 12.0. The van der Waals surface area contributed by atoms with Gasteiger partial charge in [0.05, 0.1) is 0 Å². The second kappa shape index (κ2) is 10.9. The molecule has 0 aliphatic carbocycles. The molecule has 0 saturated heterocycles. The molecule has 0 aliphatic rings. The highest BCUT2D eigenvalue weighted by atomic mass is 32.1. The van der Waals surface area contributed by atoms with E-state index in [9.17, 15) is 0 Å². The quantitative estimate of drug-likeness (QED) is 0.164. The number of benzene rings is 9. The summed E-state index contributed by atoms with van der Waals surface area (Å²) in [7, 11) is 0. The van der Waals surface area contributed by atoms with Crippen LogP contribution in [0.1, 0.15) is 0 Å². The van der Waals surface area contributed by atoms with Crippen LogP contribution in [0.2, 0.25) is 0 Å². The van der Waals surface area contributed by atoms with E-state index in [1.807, 2.05) is 22.7 Å². The minimum atomic E-state index is 1.23. The van der Waals surface area contributed by atoms with Gasteiger partial charge in [-0.25, -0.2) is 0 Å². The van der Waals surface area contributed by atoms with Crippen molar-refractivity contribution in [3.05, 3.63) is 170 Å². The first kappa shape index (κ1) is 28.1.